The van der Waals surface area contributed by atoms with E-state index in [4.69, 9.17) is 5.26 Å². The van der Waals surface area contributed by atoms with E-state index in [9.17, 15) is 34.9 Å². The first kappa shape index (κ1) is 25.3. The van der Waals surface area contributed by atoms with Crippen molar-refractivity contribution in [2.24, 2.45) is 4.40 Å². The van der Waals surface area contributed by atoms with Crippen molar-refractivity contribution in [3.8, 4) is 11.8 Å². The summed E-state index contributed by atoms with van der Waals surface area (Å²) < 4.78 is 110. The van der Waals surface area contributed by atoms with Gasteiger partial charge in [0.1, 0.15) is 22.8 Å². The van der Waals surface area contributed by atoms with Gasteiger partial charge >= 0.3 is 12.5 Å². The summed E-state index contributed by atoms with van der Waals surface area (Å²) in [5, 5.41) is 8.92. The van der Waals surface area contributed by atoms with E-state index in [0.29, 0.717) is 12.1 Å². The highest BCUT2D eigenvalue weighted by atomic mass is 32.2. The fraction of sp³-hybridized carbons (Fsp3) is 0.316. The Kier molecular flexibility index (Phi) is 6.99. The monoisotopic (exact) mass is 481 g/mol. The number of halogens is 7. The molecule has 1 heterocycles. The van der Waals surface area contributed by atoms with Gasteiger partial charge in [0.05, 0.1) is 16.0 Å². The number of ether oxygens (including phenoxy) is 1. The van der Waals surface area contributed by atoms with Crippen LogP contribution in [0.2, 0.25) is 0 Å². The Balaban J connectivity index is 2.72. The summed E-state index contributed by atoms with van der Waals surface area (Å²) in [6.07, 6.45) is -10.2. The Morgan fingerprint density at radius 2 is 1.72 bits per heavy atom. The second kappa shape index (κ2) is 8.85. The fourth-order valence-corrected chi connectivity index (χ4v) is 2.86. The van der Waals surface area contributed by atoms with Gasteiger partial charge in [0, 0.05) is 5.56 Å². The molecule has 0 saturated heterocycles. The molecule has 0 N–H and O–H groups in total. The second-order valence-corrected chi connectivity index (χ2v) is 9.10. The minimum atomic E-state index is -5.18. The largest absolute Gasteiger partial charge is 0.573 e. The number of benzene rings is 1. The molecule has 1 atom stereocenters. The lowest BCUT2D eigenvalue weighted by atomic mass is 10.0. The van der Waals surface area contributed by atoms with Gasteiger partial charge in [-0.15, -0.1) is 13.2 Å². The van der Waals surface area contributed by atoms with Crippen LogP contribution in [-0.2, 0) is 17.2 Å². The van der Waals surface area contributed by atoms with Gasteiger partial charge in [-0.3, -0.25) is 0 Å². The number of hydrogen-bond donors (Lipinski definition) is 0. The Labute approximate surface area is 180 Å². The minimum Gasteiger partial charge on any atom is -0.403 e. The van der Waals surface area contributed by atoms with Crippen molar-refractivity contribution in [1.82, 2.24) is 4.98 Å². The molecule has 5 nitrogen and oxygen atoms in total. The Morgan fingerprint density at radius 1 is 1.09 bits per heavy atom. The summed E-state index contributed by atoms with van der Waals surface area (Å²) >= 11 is 0. The van der Waals surface area contributed by atoms with Gasteiger partial charge in [-0.05, 0) is 51.1 Å². The molecule has 0 amide bonds. The van der Waals surface area contributed by atoms with Crippen LogP contribution in [0.4, 0.5) is 30.7 Å². The highest BCUT2D eigenvalue weighted by molar-refractivity contribution is 7.85. The third kappa shape index (κ3) is 6.25. The summed E-state index contributed by atoms with van der Waals surface area (Å²) in [6.45, 7) is 4.54. The van der Waals surface area contributed by atoms with Gasteiger partial charge in [0.2, 0.25) is 0 Å². The summed E-state index contributed by atoms with van der Waals surface area (Å²) in [5.74, 6) is -2.67. The van der Waals surface area contributed by atoms with E-state index in [1.165, 1.54) is 26.8 Å². The first-order chi connectivity index (χ1) is 14.5. The van der Waals surface area contributed by atoms with Crippen molar-refractivity contribution >= 4 is 16.7 Å². The summed E-state index contributed by atoms with van der Waals surface area (Å²) in [7, 11) is -2.06. The number of hydrogen-bond acceptors (Lipinski definition) is 4. The zero-order chi connectivity index (χ0) is 24.5. The normalized spacial score (nSPS) is 14.1. The van der Waals surface area contributed by atoms with Gasteiger partial charge in [0.25, 0.3) is 0 Å². The highest BCUT2D eigenvalue weighted by Gasteiger charge is 2.37. The van der Waals surface area contributed by atoms with E-state index in [1.807, 2.05) is 0 Å². The van der Waals surface area contributed by atoms with E-state index in [-0.39, 0.29) is 5.56 Å². The van der Waals surface area contributed by atoms with Gasteiger partial charge < -0.3 is 4.74 Å². The van der Waals surface area contributed by atoms with Crippen molar-refractivity contribution in [2.45, 2.75) is 38.1 Å². The summed E-state index contributed by atoms with van der Waals surface area (Å²) in [4.78, 5) is 3.39. The maximum atomic E-state index is 14.2. The molecule has 0 radical (unpaired) electrons. The lowest BCUT2D eigenvalue weighted by Gasteiger charge is -2.17. The molecule has 2 rings (SSSR count). The smallest absolute Gasteiger partial charge is 0.403 e. The quantitative estimate of drug-likeness (QED) is 0.438. The van der Waals surface area contributed by atoms with Crippen LogP contribution >= 0.6 is 0 Å². The number of alkyl halides is 6. The SMILES string of the molecule is CC(C)(C)[S@@](=O)N=C(c1ccc(OC(F)(F)F)c(F)c1)c1ccc(C#N)c(C(F)(F)F)n1. The van der Waals surface area contributed by atoms with Crippen molar-refractivity contribution in [3.05, 3.63) is 58.7 Å². The molecular formula is C19H14F7N3O2S. The number of nitrogens with zero attached hydrogens (tertiary/aromatic N) is 3. The molecule has 0 bridgehead atoms. The molecule has 2 aromatic rings. The summed E-state index contributed by atoms with van der Waals surface area (Å²) in [5.41, 5.74) is -3.65. The molecule has 0 unspecified atom stereocenters. The number of rotatable bonds is 4. The topological polar surface area (TPSA) is 75.3 Å². The molecule has 0 aliphatic rings. The van der Waals surface area contributed by atoms with E-state index in [2.05, 4.69) is 14.1 Å². The van der Waals surface area contributed by atoms with Crippen LogP contribution in [0.25, 0.3) is 0 Å². The first-order valence-electron chi connectivity index (χ1n) is 8.58. The molecule has 13 heteroatoms. The third-order valence-corrected chi connectivity index (χ3v) is 5.05. The van der Waals surface area contributed by atoms with E-state index in [0.717, 1.165) is 18.2 Å². The average molecular weight is 481 g/mol. The highest BCUT2D eigenvalue weighted by Crippen LogP contribution is 2.32. The number of pyridine rings is 1. The second-order valence-electron chi connectivity index (χ2n) is 7.20. The predicted molar refractivity (Wildman–Crippen MR) is 101 cm³/mol. The lowest BCUT2D eigenvalue weighted by Crippen LogP contribution is -2.22. The Morgan fingerprint density at radius 3 is 2.19 bits per heavy atom. The molecule has 1 aromatic carbocycles. The van der Waals surface area contributed by atoms with Crippen molar-refractivity contribution in [1.29, 1.82) is 5.26 Å². The van der Waals surface area contributed by atoms with Crippen LogP contribution < -0.4 is 4.74 Å². The van der Waals surface area contributed by atoms with Crippen LogP contribution in [0, 0.1) is 17.1 Å². The van der Waals surface area contributed by atoms with Crippen LogP contribution in [-0.4, -0.2) is 26.0 Å². The Hall–Kier alpha value is -3.01. The number of aromatic nitrogens is 1. The zero-order valence-electron chi connectivity index (χ0n) is 16.6. The molecular weight excluding hydrogens is 467 g/mol. The van der Waals surface area contributed by atoms with E-state index >= 15 is 0 Å². The van der Waals surface area contributed by atoms with Crippen LogP contribution in [0.15, 0.2) is 34.7 Å². The van der Waals surface area contributed by atoms with Gasteiger partial charge in [-0.25, -0.2) is 13.6 Å². The molecule has 172 valence electrons. The molecule has 0 fully saturated rings. The minimum absolute atomic E-state index is 0.306. The molecule has 0 spiro atoms. The zero-order valence-corrected chi connectivity index (χ0v) is 17.4. The van der Waals surface area contributed by atoms with Crippen LogP contribution in [0.3, 0.4) is 0 Å². The maximum absolute atomic E-state index is 14.2. The Bertz CT molecular complexity index is 1110. The first-order valence-corrected chi connectivity index (χ1v) is 9.68. The van der Waals surface area contributed by atoms with Gasteiger partial charge in [-0.1, -0.05) is 0 Å². The van der Waals surface area contributed by atoms with Gasteiger partial charge in [0.15, 0.2) is 17.3 Å². The van der Waals surface area contributed by atoms with Gasteiger partial charge in [-0.2, -0.15) is 22.8 Å². The number of nitriles is 1. The van der Waals surface area contributed by atoms with E-state index in [1.54, 1.807) is 0 Å². The van der Waals surface area contributed by atoms with Crippen molar-refractivity contribution in [2.75, 3.05) is 0 Å². The standard InChI is InChI=1S/C19H14F7N3O2S/c1-17(2,3)32(30)29-15(10-5-7-14(12(20)8-10)31-19(24,25)26)13-6-4-11(9-27)16(28-13)18(21,22)23/h4-8H,1-3H3/t32-/m1/s1. The lowest BCUT2D eigenvalue weighted by molar-refractivity contribution is -0.275. The predicted octanol–water partition coefficient (Wildman–Crippen LogP) is 5.31. The van der Waals surface area contributed by atoms with Crippen LogP contribution in [0.5, 0.6) is 5.75 Å². The third-order valence-electron chi connectivity index (χ3n) is 3.66. The molecule has 32 heavy (non-hydrogen) atoms. The molecule has 0 aliphatic carbocycles. The van der Waals surface area contributed by atoms with Crippen molar-refractivity contribution in [3.63, 3.8) is 0 Å². The summed E-state index contributed by atoms with van der Waals surface area (Å²) in [6, 6.07) is 5.16. The van der Waals surface area contributed by atoms with Crippen molar-refractivity contribution < 1.29 is 39.7 Å². The fourth-order valence-electron chi connectivity index (χ4n) is 2.22. The van der Waals surface area contributed by atoms with E-state index < -0.39 is 62.5 Å². The van der Waals surface area contributed by atoms with Crippen LogP contribution in [0.1, 0.15) is 43.3 Å². The molecule has 1 aromatic heterocycles. The molecule has 0 aliphatic heterocycles. The maximum Gasteiger partial charge on any atom is 0.573 e. The average Bonchev–Trinajstić information content (AvgIpc) is 2.64. The molecule has 0 saturated carbocycles.